The van der Waals surface area contributed by atoms with Crippen molar-refractivity contribution in [2.45, 2.75) is 330 Å². The first-order chi connectivity index (χ1) is 39.4. The number of unbranched alkanes of at least 4 members (excludes halogenated alkanes) is 31. The lowest BCUT2D eigenvalue weighted by molar-refractivity contribution is -0.161. The lowest BCUT2D eigenvalue weighted by Gasteiger charge is -2.21. The summed E-state index contributed by atoms with van der Waals surface area (Å²) in [4.78, 5) is 72.1. The van der Waals surface area contributed by atoms with Crippen molar-refractivity contribution in [1.29, 1.82) is 0 Å². The molecule has 0 aromatic carbocycles. The number of phosphoric ester groups is 2. The van der Waals surface area contributed by atoms with Crippen molar-refractivity contribution in [3.05, 3.63) is 0 Å². The van der Waals surface area contributed by atoms with E-state index in [9.17, 15) is 43.2 Å². The number of rotatable bonds is 62. The van der Waals surface area contributed by atoms with Crippen molar-refractivity contribution in [2.75, 3.05) is 39.6 Å². The zero-order valence-electron chi connectivity index (χ0n) is 52.8. The summed E-state index contributed by atoms with van der Waals surface area (Å²) in [5, 5.41) is 10.5. The molecule has 0 saturated carbocycles. The van der Waals surface area contributed by atoms with Gasteiger partial charge in [-0.3, -0.25) is 37.3 Å². The molecule has 0 amide bonds. The molecule has 3 N–H and O–H groups in total. The fourth-order valence-corrected chi connectivity index (χ4v) is 10.9. The number of hydrogen-bond donors (Lipinski definition) is 3. The lowest BCUT2D eigenvalue weighted by Crippen LogP contribution is -2.30. The van der Waals surface area contributed by atoms with Crippen LogP contribution in [0.15, 0.2) is 0 Å². The van der Waals surface area contributed by atoms with Gasteiger partial charge >= 0.3 is 39.5 Å². The highest BCUT2D eigenvalue weighted by Crippen LogP contribution is 2.45. The average Bonchev–Trinajstić information content (AvgIpc) is 3.45. The minimum atomic E-state index is -4.94. The molecule has 0 rings (SSSR count). The number of carbonyl (C=O) groups excluding carboxylic acids is 4. The Morgan fingerprint density at radius 3 is 0.927 bits per heavy atom. The van der Waals surface area contributed by atoms with Gasteiger partial charge in [-0.1, -0.05) is 260 Å². The Bertz CT molecular complexity index is 1620. The Labute approximate surface area is 498 Å². The minimum absolute atomic E-state index is 0.105. The maximum Gasteiger partial charge on any atom is 0.472 e. The van der Waals surface area contributed by atoms with Gasteiger partial charge in [-0.2, -0.15) is 0 Å². The predicted molar refractivity (Wildman–Crippen MR) is 326 cm³/mol. The predicted octanol–water partition coefficient (Wildman–Crippen LogP) is 17.3. The third-order valence-electron chi connectivity index (χ3n) is 14.8. The third-order valence-corrected chi connectivity index (χ3v) is 16.7. The number of carbonyl (C=O) groups is 4. The van der Waals surface area contributed by atoms with Crippen LogP contribution >= 0.6 is 15.6 Å². The highest BCUT2D eigenvalue weighted by molar-refractivity contribution is 7.47. The van der Waals surface area contributed by atoms with Crippen LogP contribution in [0.25, 0.3) is 0 Å². The van der Waals surface area contributed by atoms with Crippen molar-refractivity contribution in [2.24, 2.45) is 11.8 Å². The third kappa shape index (κ3) is 55.9. The largest absolute Gasteiger partial charge is 0.472 e. The highest BCUT2D eigenvalue weighted by atomic mass is 31.2. The van der Waals surface area contributed by atoms with Crippen molar-refractivity contribution in [3.8, 4) is 0 Å². The molecule has 6 atom stereocenters. The molecular formula is C63H122O17P2. The van der Waals surface area contributed by atoms with Crippen molar-refractivity contribution < 1.29 is 80.2 Å². The SMILES string of the molecule is CCCCCCCCCCCCC(=O)O[C@H](COC(=O)CCCCCCCCCCC)COP(=O)(O)OC[C@H](O)COP(=O)(O)OC[C@@H](COC(=O)CCCCCCCCC(C)CC)OC(=O)CCCCCCCCCCCCC(C)C. The first-order valence-electron chi connectivity index (χ1n) is 33.0. The Morgan fingerprint density at radius 1 is 0.354 bits per heavy atom. The summed E-state index contributed by atoms with van der Waals surface area (Å²) in [5.74, 6) is -0.654. The molecule has 0 aromatic heterocycles. The first kappa shape index (κ1) is 80.1. The summed E-state index contributed by atoms with van der Waals surface area (Å²) in [6.07, 6.45) is 37.5. The normalized spacial score (nSPS) is 14.7. The van der Waals surface area contributed by atoms with Crippen LogP contribution in [-0.2, 0) is 65.4 Å². The molecule has 0 aromatic rings. The quantitative estimate of drug-likeness (QED) is 0.0222. The van der Waals surface area contributed by atoms with Gasteiger partial charge in [0, 0.05) is 25.7 Å². The smallest absolute Gasteiger partial charge is 0.462 e. The standard InChI is InChI=1S/C63H122O17P2/c1-7-10-12-14-16-18-23-27-35-41-47-62(67)79-58(51-73-60(65)45-39-33-26-21-17-15-13-11-8-2)53-77-81(69,70)75-49-57(64)50-76-82(71,72)78-54-59(52-74-61(66)46-40-34-30-29-32-38-44-56(6)9-3)80-63(68)48-42-36-28-24-20-19-22-25-31-37-43-55(4)5/h55-59,64H,7-54H2,1-6H3,(H,69,70)(H,71,72)/t56?,57-,58+,59+/m0/s1. The van der Waals surface area contributed by atoms with Gasteiger partial charge in [0.25, 0.3) is 0 Å². The van der Waals surface area contributed by atoms with E-state index in [2.05, 4.69) is 41.5 Å². The second-order valence-electron chi connectivity index (χ2n) is 23.5. The van der Waals surface area contributed by atoms with Crippen molar-refractivity contribution >= 4 is 39.5 Å². The van der Waals surface area contributed by atoms with E-state index in [0.29, 0.717) is 25.7 Å². The molecule has 0 saturated heterocycles. The van der Waals surface area contributed by atoms with Crippen LogP contribution in [0.4, 0.5) is 0 Å². The van der Waals surface area contributed by atoms with E-state index in [1.165, 1.54) is 122 Å². The summed E-state index contributed by atoms with van der Waals surface area (Å²) in [5.41, 5.74) is 0. The molecule has 0 fully saturated rings. The summed E-state index contributed by atoms with van der Waals surface area (Å²) in [7, 11) is -9.88. The molecule has 0 radical (unpaired) electrons. The Hall–Kier alpha value is -1.94. The Kier molecular flexibility index (Phi) is 54.3. The van der Waals surface area contributed by atoms with E-state index in [1.54, 1.807) is 0 Å². The molecule has 0 aliphatic carbocycles. The molecule has 19 heteroatoms. The highest BCUT2D eigenvalue weighted by Gasteiger charge is 2.30. The van der Waals surface area contributed by atoms with Crippen molar-refractivity contribution in [1.82, 2.24) is 0 Å². The van der Waals surface area contributed by atoms with E-state index >= 15 is 0 Å². The molecule has 0 spiro atoms. The molecule has 0 heterocycles. The van der Waals surface area contributed by atoms with Crippen LogP contribution in [0.1, 0.15) is 311 Å². The minimum Gasteiger partial charge on any atom is -0.462 e. The summed E-state index contributed by atoms with van der Waals surface area (Å²) in [6.45, 7) is 9.41. The van der Waals surface area contributed by atoms with E-state index in [1.807, 2.05) is 0 Å². The molecule has 486 valence electrons. The van der Waals surface area contributed by atoms with Gasteiger partial charge < -0.3 is 33.8 Å². The zero-order chi connectivity index (χ0) is 60.8. The van der Waals surface area contributed by atoms with Gasteiger partial charge in [0.05, 0.1) is 26.4 Å². The van der Waals surface area contributed by atoms with E-state index < -0.39 is 97.5 Å². The molecular weight excluding hydrogens is 1090 g/mol. The average molecular weight is 1210 g/mol. The maximum absolute atomic E-state index is 13.0. The molecule has 3 unspecified atom stereocenters. The van der Waals surface area contributed by atoms with Gasteiger partial charge in [0.1, 0.15) is 19.3 Å². The number of phosphoric acid groups is 2. The number of hydrogen-bond acceptors (Lipinski definition) is 15. The summed E-state index contributed by atoms with van der Waals surface area (Å²) >= 11 is 0. The van der Waals surface area contributed by atoms with E-state index in [0.717, 1.165) is 108 Å². The molecule has 82 heavy (non-hydrogen) atoms. The number of ether oxygens (including phenoxy) is 4. The van der Waals surface area contributed by atoms with E-state index in [-0.39, 0.29) is 25.7 Å². The van der Waals surface area contributed by atoms with Gasteiger partial charge in [0.2, 0.25) is 0 Å². The number of aliphatic hydroxyl groups excluding tert-OH is 1. The summed E-state index contributed by atoms with van der Waals surface area (Å²) < 4.78 is 67.9. The number of esters is 4. The van der Waals surface area contributed by atoms with Crippen LogP contribution in [0, 0.1) is 11.8 Å². The van der Waals surface area contributed by atoms with Crippen LogP contribution in [0.3, 0.4) is 0 Å². The van der Waals surface area contributed by atoms with Gasteiger partial charge in [-0.05, 0) is 37.5 Å². The van der Waals surface area contributed by atoms with Crippen LogP contribution in [0.5, 0.6) is 0 Å². The second-order valence-corrected chi connectivity index (χ2v) is 26.4. The fourth-order valence-electron chi connectivity index (χ4n) is 9.32. The molecule has 0 aliphatic heterocycles. The van der Waals surface area contributed by atoms with Crippen LogP contribution < -0.4 is 0 Å². The lowest BCUT2D eigenvalue weighted by atomic mass is 10.00. The fraction of sp³-hybridized carbons (Fsp3) is 0.937. The van der Waals surface area contributed by atoms with Crippen LogP contribution in [0.2, 0.25) is 0 Å². The molecule has 17 nitrogen and oxygen atoms in total. The molecule has 0 aliphatic rings. The second kappa shape index (κ2) is 55.6. The summed E-state index contributed by atoms with van der Waals surface area (Å²) in [6, 6.07) is 0. The van der Waals surface area contributed by atoms with Crippen LogP contribution in [-0.4, -0.2) is 96.7 Å². The zero-order valence-corrected chi connectivity index (χ0v) is 54.6. The van der Waals surface area contributed by atoms with E-state index in [4.69, 9.17) is 37.0 Å². The van der Waals surface area contributed by atoms with Gasteiger partial charge in [-0.25, -0.2) is 9.13 Å². The van der Waals surface area contributed by atoms with Crippen molar-refractivity contribution in [3.63, 3.8) is 0 Å². The number of aliphatic hydroxyl groups is 1. The Balaban J connectivity index is 5.24. The first-order valence-corrected chi connectivity index (χ1v) is 36.0. The molecule has 0 bridgehead atoms. The van der Waals surface area contributed by atoms with Gasteiger partial charge in [0.15, 0.2) is 12.2 Å². The maximum atomic E-state index is 13.0. The Morgan fingerprint density at radius 2 is 0.622 bits per heavy atom. The monoisotopic (exact) mass is 1210 g/mol. The van der Waals surface area contributed by atoms with Gasteiger partial charge in [-0.15, -0.1) is 0 Å². The topological polar surface area (TPSA) is 237 Å².